The maximum Gasteiger partial charge on any atom is 0.329 e. The van der Waals surface area contributed by atoms with Crippen molar-refractivity contribution in [2.24, 2.45) is 0 Å². The molecule has 2 aromatic heterocycles. The fourth-order valence-electron chi connectivity index (χ4n) is 1.61. The highest BCUT2D eigenvalue weighted by Gasteiger charge is 2.21. The third kappa shape index (κ3) is 2.13. The number of imidazole rings is 1. The molecular weight excluding hydrogens is 206 g/mol. The van der Waals surface area contributed by atoms with Gasteiger partial charge in [-0.2, -0.15) is 0 Å². The zero-order valence-corrected chi connectivity index (χ0v) is 8.96. The van der Waals surface area contributed by atoms with Gasteiger partial charge >= 0.3 is 5.97 Å². The number of carbonyl (C=O) groups excluding carboxylic acids is 1. The minimum atomic E-state index is -0.347. The summed E-state index contributed by atoms with van der Waals surface area (Å²) >= 11 is 0. The van der Waals surface area contributed by atoms with Crippen molar-refractivity contribution in [3.05, 3.63) is 42.7 Å². The van der Waals surface area contributed by atoms with Gasteiger partial charge < -0.3 is 14.3 Å². The predicted molar refractivity (Wildman–Crippen MR) is 57.8 cm³/mol. The summed E-state index contributed by atoms with van der Waals surface area (Å²) in [5.74, 6) is -0.259. The van der Waals surface area contributed by atoms with E-state index in [-0.39, 0.29) is 12.0 Å². The Labute approximate surface area is 93.1 Å². The Hall–Kier alpha value is -2.04. The summed E-state index contributed by atoms with van der Waals surface area (Å²) in [6.07, 6.45) is 7.54. The number of ether oxygens (including phenoxy) is 1. The van der Waals surface area contributed by atoms with Crippen LogP contribution in [0.5, 0.6) is 0 Å². The van der Waals surface area contributed by atoms with E-state index in [1.807, 2.05) is 29.1 Å². The number of carbonyl (C=O) groups is 1. The summed E-state index contributed by atoms with van der Waals surface area (Å²) in [6.45, 7) is 0. The van der Waals surface area contributed by atoms with Crippen LogP contribution in [-0.2, 0) is 16.0 Å². The Balaban J connectivity index is 2.19. The Morgan fingerprint density at radius 3 is 2.88 bits per heavy atom. The van der Waals surface area contributed by atoms with Crippen LogP contribution in [0.3, 0.4) is 0 Å². The second-order valence-electron chi connectivity index (χ2n) is 3.45. The molecule has 5 nitrogen and oxygen atoms in total. The summed E-state index contributed by atoms with van der Waals surface area (Å²) in [4.78, 5) is 18.6. The number of hydrogen-bond acceptors (Lipinski definition) is 3. The molecule has 2 rings (SSSR count). The van der Waals surface area contributed by atoms with Gasteiger partial charge in [-0.1, -0.05) is 0 Å². The molecule has 0 unspecified atom stereocenters. The van der Waals surface area contributed by atoms with Gasteiger partial charge in [-0.25, -0.2) is 9.78 Å². The first-order valence-electron chi connectivity index (χ1n) is 4.99. The molecule has 84 valence electrons. The molecule has 0 fully saturated rings. The second kappa shape index (κ2) is 4.65. The summed E-state index contributed by atoms with van der Waals surface area (Å²) in [5.41, 5.74) is 0.907. The maximum atomic E-state index is 11.7. The van der Waals surface area contributed by atoms with Gasteiger partial charge in [0.2, 0.25) is 0 Å². The van der Waals surface area contributed by atoms with Crippen molar-refractivity contribution < 1.29 is 9.53 Å². The first kappa shape index (κ1) is 10.5. The molecule has 0 aliphatic rings. The van der Waals surface area contributed by atoms with Gasteiger partial charge in [0.15, 0.2) is 0 Å². The SMILES string of the molecule is COC(=O)[C@H](Cc1cnc[nH]1)n1cccc1. The van der Waals surface area contributed by atoms with Crippen molar-refractivity contribution in [2.45, 2.75) is 12.5 Å². The van der Waals surface area contributed by atoms with Gasteiger partial charge in [-0.3, -0.25) is 0 Å². The molecule has 1 N–H and O–H groups in total. The van der Waals surface area contributed by atoms with Gasteiger partial charge in [0.25, 0.3) is 0 Å². The lowest BCUT2D eigenvalue weighted by atomic mass is 10.1. The number of rotatable bonds is 4. The summed E-state index contributed by atoms with van der Waals surface area (Å²) < 4.78 is 6.62. The van der Waals surface area contributed by atoms with Gasteiger partial charge in [-0.15, -0.1) is 0 Å². The number of aromatic nitrogens is 3. The predicted octanol–water partition coefficient (Wildman–Crippen LogP) is 1.17. The van der Waals surface area contributed by atoms with E-state index in [4.69, 9.17) is 4.74 Å². The van der Waals surface area contributed by atoms with E-state index in [1.165, 1.54) is 7.11 Å². The molecule has 5 heteroatoms. The molecule has 0 amide bonds. The van der Waals surface area contributed by atoms with Gasteiger partial charge in [-0.05, 0) is 12.1 Å². The third-order valence-electron chi connectivity index (χ3n) is 2.43. The van der Waals surface area contributed by atoms with Crippen LogP contribution >= 0.6 is 0 Å². The van der Waals surface area contributed by atoms with Crippen LogP contribution in [0.2, 0.25) is 0 Å². The van der Waals surface area contributed by atoms with E-state index in [9.17, 15) is 4.79 Å². The largest absolute Gasteiger partial charge is 0.467 e. The van der Waals surface area contributed by atoms with E-state index >= 15 is 0 Å². The quantitative estimate of drug-likeness (QED) is 0.785. The van der Waals surface area contributed by atoms with Crippen molar-refractivity contribution in [1.82, 2.24) is 14.5 Å². The fourth-order valence-corrected chi connectivity index (χ4v) is 1.61. The highest BCUT2D eigenvalue weighted by molar-refractivity contribution is 5.74. The zero-order valence-electron chi connectivity index (χ0n) is 8.96. The average molecular weight is 219 g/mol. The lowest BCUT2D eigenvalue weighted by Gasteiger charge is -2.15. The molecular formula is C11H13N3O2. The standard InChI is InChI=1S/C11H13N3O2/c1-16-11(15)10(14-4-2-3-5-14)6-9-7-12-8-13-9/h2-5,7-8,10H,6H2,1H3,(H,12,13)/t10-/m0/s1. The van der Waals surface area contributed by atoms with E-state index in [1.54, 1.807) is 12.5 Å². The first-order valence-corrected chi connectivity index (χ1v) is 4.99. The molecule has 2 heterocycles. The summed E-state index contributed by atoms with van der Waals surface area (Å²) in [5, 5.41) is 0. The fraction of sp³-hybridized carbons (Fsp3) is 0.273. The molecule has 0 aromatic carbocycles. The second-order valence-corrected chi connectivity index (χ2v) is 3.45. The Morgan fingerprint density at radius 2 is 2.31 bits per heavy atom. The van der Waals surface area contributed by atoms with Crippen molar-refractivity contribution >= 4 is 5.97 Å². The number of hydrogen-bond donors (Lipinski definition) is 1. The smallest absolute Gasteiger partial charge is 0.329 e. The highest BCUT2D eigenvalue weighted by Crippen LogP contribution is 2.14. The Bertz CT molecular complexity index is 434. The maximum absolute atomic E-state index is 11.7. The number of aromatic amines is 1. The van der Waals surface area contributed by atoms with Crippen LogP contribution in [0.15, 0.2) is 37.1 Å². The summed E-state index contributed by atoms with van der Waals surface area (Å²) in [6, 6.07) is 3.41. The minimum absolute atomic E-state index is 0.259. The molecule has 0 aliphatic heterocycles. The van der Waals surface area contributed by atoms with E-state index in [0.717, 1.165) is 5.69 Å². The molecule has 0 bridgehead atoms. The molecule has 0 saturated heterocycles. The van der Waals surface area contributed by atoms with Crippen LogP contribution in [0.4, 0.5) is 0 Å². The number of nitrogens with zero attached hydrogens (tertiary/aromatic N) is 2. The zero-order chi connectivity index (χ0) is 11.4. The van der Waals surface area contributed by atoms with Crippen LogP contribution in [0.1, 0.15) is 11.7 Å². The lowest BCUT2D eigenvalue weighted by Crippen LogP contribution is -2.22. The van der Waals surface area contributed by atoms with Gasteiger partial charge in [0, 0.05) is 30.7 Å². The third-order valence-corrected chi connectivity index (χ3v) is 2.43. The highest BCUT2D eigenvalue weighted by atomic mass is 16.5. The van der Waals surface area contributed by atoms with Crippen LogP contribution in [0, 0.1) is 0 Å². The van der Waals surface area contributed by atoms with Crippen molar-refractivity contribution in [3.63, 3.8) is 0 Å². The number of nitrogens with one attached hydrogen (secondary N) is 1. The molecule has 0 saturated carbocycles. The normalized spacial score (nSPS) is 12.3. The molecule has 16 heavy (non-hydrogen) atoms. The van der Waals surface area contributed by atoms with E-state index < -0.39 is 0 Å². The van der Waals surface area contributed by atoms with Gasteiger partial charge in [0.05, 0.1) is 13.4 Å². The Kier molecular flexibility index (Phi) is 3.05. The van der Waals surface area contributed by atoms with Crippen molar-refractivity contribution in [3.8, 4) is 0 Å². The van der Waals surface area contributed by atoms with Crippen LogP contribution in [0.25, 0.3) is 0 Å². The minimum Gasteiger partial charge on any atom is -0.467 e. The van der Waals surface area contributed by atoms with Crippen molar-refractivity contribution in [1.29, 1.82) is 0 Å². The molecule has 0 radical (unpaired) electrons. The van der Waals surface area contributed by atoms with Crippen LogP contribution in [-0.4, -0.2) is 27.6 Å². The number of H-pyrrole nitrogens is 1. The molecule has 0 spiro atoms. The number of methoxy groups -OCH3 is 1. The topological polar surface area (TPSA) is 59.9 Å². The number of esters is 1. The molecule has 0 aliphatic carbocycles. The van der Waals surface area contributed by atoms with E-state index in [2.05, 4.69) is 9.97 Å². The van der Waals surface area contributed by atoms with Crippen LogP contribution < -0.4 is 0 Å². The average Bonchev–Trinajstić information content (AvgIpc) is 2.97. The summed E-state index contributed by atoms with van der Waals surface area (Å²) in [7, 11) is 1.39. The van der Waals surface area contributed by atoms with Gasteiger partial charge in [0.1, 0.15) is 6.04 Å². The molecule has 2 aromatic rings. The van der Waals surface area contributed by atoms with E-state index in [0.29, 0.717) is 6.42 Å². The lowest BCUT2D eigenvalue weighted by molar-refractivity contribution is -0.144. The molecule has 1 atom stereocenters. The first-order chi connectivity index (χ1) is 7.81. The van der Waals surface area contributed by atoms with Crippen molar-refractivity contribution in [2.75, 3.05) is 7.11 Å². The Morgan fingerprint density at radius 1 is 1.56 bits per heavy atom. The monoisotopic (exact) mass is 219 g/mol.